The van der Waals surface area contributed by atoms with Gasteiger partial charge in [0.25, 0.3) is 0 Å². The maximum Gasteiger partial charge on any atom is 0.498 e. The molecule has 0 aromatic heterocycles. The largest absolute Gasteiger partial charge is 0.498 e. The van der Waals surface area contributed by atoms with Gasteiger partial charge in [-0.1, -0.05) is 85.7 Å². The zero-order chi connectivity index (χ0) is 31.9. The molecule has 0 N–H and O–H groups in total. The van der Waals surface area contributed by atoms with Crippen LogP contribution in [-0.2, 0) is 30.3 Å². The summed E-state index contributed by atoms with van der Waals surface area (Å²) in [6.45, 7) is 26.3. The molecular formula is C37H47BO5. The van der Waals surface area contributed by atoms with Gasteiger partial charge in [-0.25, -0.2) is 4.79 Å². The van der Waals surface area contributed by atoms with E-state index < -0.39 is 18.3 Å². The molecule has 5 nitrogen and oxygen atoms in total. The van der Waals surface area contributed by atoms with Crippen LogP contribution in [0, 0.1) is 0 Å². The molecule has 0 radical (unpaired) electrons. The van der Waals surface area contributed by atoms with Crippen molar-refractivity contribution in [2.75, 3.05) is 7.11 Å². The first-order valence-corrected chi connectivity index (χ1v) is 15.3. The van der Waals surface area contributed by atoms with Crippen molar-refractivity contribution in [3.05, 3.63) is 76.3 Å². The molecule has 2 aliphatic heterocycles. The van der Waals surface area contributed by atoms with Gasteiger partial charge in [0.2, 0.25) is 0 Å². The molecule has 0 amide bonds. The van der Waals surface area contributed by atoms with Crippen LogP contribution >= 0.6 is 0 Å². The summed E-state index contributed by atoms with van der Waals surface area (Å²) in [6.07, 6.45) is 0. The number of ether oxygens (including phenoxy) is 2. The molecule has 2 aliphatic rings. The zero-order valence-electron chi connectivity index (χ0n) is 28.2. The average Bonchev–Trinajstić information content (AvgIpc) is 3.12. The van der Waals surface area contributed by atoms with Crippen molar-refractivity contribution in [1.82, 2.24) is 0 Å². The van der Waals surface area contributed by atoms with Gasteiger partial charge in [0.15, 0.2) is 0 Å². The van der Waals surface area contributed by atoms with Crippen LogP contribution in [-0.4, -0.2) is 31.4 Å². The summed E-state index contributed by atoms with van der Waals surface area (Å²) in [4.78, 5) is 12.2. The number of rotatable bonds is 3. The second-order valence-electron chi connectivity index (χ2n) is 15.7. The molecule has 0 spiro atoms. The third-order valence-electron chi connectivity index (χ3n) is 9.61. The highest BCUT2D eigenvalue weighted by Gasteiger charge is 2.54. The van der Waals surface area contributed by atoms with Crippen LogP contribution in [0.25, 0.3) is 11.1 Å². The van der Waals surface area contributed by atoms with Crippen molar-refractivity contribution in [2.24, 2.45) is 0 Å². The molecule has 0 bridgehead atoms. The Morgan fingerprint density at radius 2 is 1.21 bits per heavy atom. The predicted molar refractivity (Wildman–Crippen MR) is 175 cm³/mol. The average molecular weight is 583 g/mol. The summed E-state index contributed by atoms with van der Waals surface area (Å²) in [5, 5.41) is 0. The summed E-state index contributed by atoms with van der Waals surface area (Å²) in [7, 11) is 0.824. The molecule has 3 aromatic carbocycles. The van der Waals surface area contributed by atoms with Crippen LogP contribution in [0.2, 0.25) is 0 Å². The summed E-state index contributed by atoms with van der Waals surface area (Å²) in [5.41, 5.74) is 6.51. The molecule has 228 valence electrons. The van der Waals surface area contributed by atoms with Gasteiger partial charge in [-0.15, -0.1) is 0 Å². The van der Waals surface area contributed by atoms with Gasteiger partial charge in [0, 0.05) is 27.6 Å². The minimum absolute atomic E-state index is 0.0901. The Balaban J connectivity index is 1.77. The highest BCUT2D eigenvalue weighted by Crippen LogP contribution is 2.53. The van der Waals surface area contributed by atoms with Crippen molar-refractivity contribution in [3.63, 3.8) is 0 Å². The van der Waals surface area contributed by atoms with E-state index in [-0.39, 0.29) is 22.2 Å². The van der Waals surface area contributed by atoms with E-state index in [1.54, 1.807) is 0 Å². The SMILES string of the molecule is COC(=O)c1ccc(-c2cc(C(C)(C)C)cc3c2Oc2c(B4OC(C)(C)C(C)(C)O4)cc(C(C)(C)C)cc2C3(C)C)cc1. The Bertz CT molecular complexity index is 1570. The number of hydrogen-bond donors (Lipinski definition) is 0. The minimum Gasteiger partial charge on any atom is -0.465 e. The quantitative estimate of drug-likeness (QED) is 0.229. The van der Waals surface area contributed by atoms with E-state index in [2.05, 4.69) is 107 Å². The summed E-state index contributed by atoms with van der Waals surface area (Å²) < 4.78 is 25.2. The van der Waals surface area contributed by atoms with Crippen molar-refractivity contribution in [3.8, 4) is 22.6 Å². The van der Waals surface area contributed by atoms with E-state index in [4.69, 9.17) is 18.8 Å². The van der Waals surface area contributed by atoms with Gasteiger partial charge in [-0.05, 0) is 73.4 Å². The standard InChI is InChI=1S/C37H47BO5/c1-33(2,3)24-18-26(22-14-16-23(17-15-22)32(39)40-13)30-27(19-24)35(7,8)28-20-25(34(4,5)6)21-29(31(28)41-30)38-42-36(9,10)37(11,12)43-38/h14-21H,1-13H3. The van der Waals surface area contributed by atoms with Crippen LogP contribution in [0.3, 0.4) is 0 Å². The lowest BCUT2D eigenvalue weighted by Crippen LogP contribution is -2.41. The Morgan fingerprint density at radius 3 is 1.70 bits per heavy atom. The number of carbonyl (C=O) groups is 1. The second-order valence-corrected chi connectivity index (χ2v) is 15.7. The molecule has 1 fully saturated rings. The normalized spacial score (nSPS) is 18.5. The van der Waals surface area contributed by atoms with Gasteiger partial charge >= 0.3 is 13.1 Å². The summed E-state index contributed by atoms with van der Waals surface area (Å²) in [6, 6.07) is 16.6. The lowest BCUT2D eigenvalue weighted by atomic mass is 9.66. The van der Waals surface area contributed by atoms with E-state index in [1.807, 2.05) is 24.3 Å². The van der Waals surface area contributed by atoms with Gasteiger partial charge in [0.1, 0.15) is 11.5 Å². The first-order chi connectivity index (χ1) is 19.7. The Kier molecular flexibility index (Phi) is 7.27. The lowest BCUT2D eigenvalue weighted by Gasteiger charge is -2.39. The molecule has 1 saturated heterocycles. The van der Waals surface area contributed by atoms with Gasteiger partial charge < -0.3 is 18.8 Å². The van der Waals surface area contributed by atoms with Crippen LogP contribution in [0.1, 0.15) is 116 Å². The summed E-state index contributed by atoms with van der Waals surface area (Å²) in [5.74, 6) is 1.25. The van der Waals surface area contributed by atoms with Crippen molar-refractivity contribution in [1.29, 1.82) is 0 Å². The van der Waals surface area contributed by atoms with Crippen molar-refractivity contribution in [2.45, 2.75) is 111 Å². The lowest BCUT2D eigenvalue weighted by molar-refractivity contribution is 0.00578. The maximum absolute atomic E-state index is 12.2. The van der Waals surface area contributed by atoms with Crippen LogP contribution in [0.4, 0.5) is 0 Å². The number of hydrogen-bond acceptors (Lipinski definition) is 5. The molecule has 3 aromatic rings. The molecule has 0 atom stereocenters. The fraction of sp³-hybridized carbons (Fsp3) is 0.486. The molecule has 0 saturated carbocycles. The van der Waals surface area contributed by atoms with Gasteiger partial charge in [-0.2, -0.15) is 0 Å². The molecule has 43 heavy (non-hydrogen) atoms. The monoisotopic (exact) mass is 582 g/mol. The molecular weight excluding hydrogens is 535 g/mol. The first-order valence-electron chi connectivity index (χ1n) is 15.3. The van der Waals surface area contributed by atoms with Crippen molar-refractivity contribution < 1.29 is 23.6 Å². The predicted octanol–water partition coefficient (Wildman–Crippen LogP) is 8.47. The molecule has 0 unspecified atom stereocenters. The smallest absolute Gasteiger partial charge is 0.465 e. The fourth-order valence-corrected chi connectivity index (χ4v) is 5.81. The molecule has 2 heterocycles. The number of carbonyl (C=O) groups excluding carboxylic acids is 1. The molecule has 6 heteroatoms. The van der Waals surface area contributed by atoms with Crippen LogP contribution < -0.4 is 10.2 Å². The highest BCUT2D eigenvalue weighted by atomic mass is 16.7. The molecule has 5 rings (SSSR count). The topological polar surface area (TPSA) is 54.0 Å². The van der Waals surface area contributed by atoms with E-state index in [1.165, 1.54) is 18.2 Å². The van der Waals surface area contributed by atoms with Crippen LogP contribution in [0.5, 0.6) is 11.5 Å². The van der Waals surface area contributed by atoms with Gasteiger partial charge in [0.05, 0.1) is 23.9 Å². The second kappa shape index (κ2) is 9.97. The third kappa shape index (κ3) is 5.31. The third-order valence-corrected chi connectivity index (χ3v) is 9.61. The van der Waals surface area contributed by atoms with Crippen LogP contribution in [0.15, 0.2) is 48.5 Å². The number of benzene rings is 3. The Hall–Kier alpha value is -3.09. The highest BCUT2D eigenvalue weighted by molar-refractivity contribution is 6.63. The van der Waals surface area contributed by atoms with E-state index in [9.17, 15) is 4.79 Å². The number of fused-ring (bicyclic) bond motifs is 2. The first kappa shape index (κ1) is 31.3. The molecule has 0 aliphatic carbocycles. The maximum atomic E-state index is 12.2. The number of methoxy groups -OCH3 is 1. The fourth-order valence-electron chi connectivity index (χ4n) is 5.81. The Morgan fingerprint density at radius 1 is 0.721 bits per heavy atom. The van der Waals surface area contributed by atoms with Gasteiger partial charge in [-0.3, -0.25) is 0 Å². The zero-order valence-corrected chi connectivity index (χ0v) is 28.2. The van der Waals surface area contributed by atoms with Crippen molar-refractivity contribution >= 4 is 18.6 Å². The minimum atomic E-state index is -0.574. The summed E-state index contributed by atoms with van der Waals surface area (Å²) >= 11 is 0. The Labute approximate surface area is 258 Å². The van der Waals surface area contributed by atoms with E-state index in [0.29, 0.717) is 5.56 Å². The van der Waals surface area contributed by atoms with E-state index >= 15 is 0 Å². The number of esters is 1. The van der Waals surface area contributed by atoms with E-state index in [0.717, 1.165) is 39.2 Å².